The van der Waals surface area contributed by atoms with Gasteiger partial charge in [0.2, 0.25) is 0 Å². The van der Waals surface area contributed by atoms with Crippen LogP contribution in [0.15, 0.2) is 35.5 Å². The van der Waals surface area contributed by atoms with Crippen LogP contribution in [0.25, 0.3) is 11.0 Å². The Morgan fingerprint density at radius 1 is 1.38 bits per heavy atom. The lowest BCUT2D eigenvalue weighted by atomic mass is 10.3. The van der Waals surface area contributed by atoms with Gasteiger partial charge in [0.15, 0.2) is 5.16 Å². The van der Waals surface area contributed by atoms with Crippen LogP contribution in [0.1, 0.15) is 13.8 Å². The Bertz CT molecular complexity index is 637. The maximum absolute atomic E-state index is 11.1. The highest BCUT2D eigenvalue weighted by Gasteiger charge is 2.04. The smallest absolute Gasteiger partial charge is 0.330 e. The normalized spacial score (nSPS) is 11.1. The number of aromatic amines is 1. The first kappa shape index (κ1) is 15.4. The minimum atomic E-state index is -0.316. The molecule has 1 N–H and O–H groups in total. The van der Waals surface area contributed by atoms with Gasteiger partial charge in [0.05, 0.1) is 24.2 Å². The number of fused-ring (bicyclic) bond motifs is 1. The number of esters is 1. The molecule has 21 heavy (non-hydrogen) atoms. The fourth-order valence-electron chi connectivity index (χ4n) is 1.75. The highest BCUT2D eigenvalue weighted by atomic mass is 32.2. The third-order valence-corrected chi connectivity index (χ3v) is 3.43. The van der Waals surface area contributed by atoms with Crippen molar-refractivity contribution < 1.29 is 14.3 Å². The number of imidazole rings is 1. The Balaban J connectivity index is 1.95. The zero-order chi connectivity index (χ0) is 15.1. The first-order valence-electron chi connectivity index (χ1n) is 6.81. The molecule has 0 amide bonds. The summed E-state index contributed by atoms with van der Waals surface area (Å²) in [6.45, 7) is 4.77. The number of benzene rings is 1. The van der Waals surface area contributed by atoms with E-state index in [2.05, 4.69) is 9.97 Å². The lowest BCUT2D eigenvalue weighted by Crippen LogP contribution is -1.98. The van der Waals surface area contributed by atoms with E-state index in [9.17, 15) is 4.79 Å². The number of rotatable bonds is 7. The molecule has 1 aromatic heterocycles. The van der Waals surface area contributed by atoms with E-state index in [1.165, 1.54) is 17.8 Å². The molecule has 0 radical (unpaired) electrons. The number of thioether (sulfide) groups is 1. The van der Waals surface area contributed by atoms with Crippen molar-refractivity contribution in [3.8, 4) is 5.75 Å². The SMILES string of the molecule is CCOC(=O)/C=C/CSc1nc2ccc(OCC)cc2[nH]1. The number of hydrogen-bond acceptors (Lipinski definition) is 5. The Morgan fingerprint density at radius 2 is 2.24 bits per heavy atom. The molecule has 0 bridgehead atoms. The van der Waals surface area contributed by atoms with Crippen LogP contribution in [0.5, 0.6) is 5.75 Å². The van der Waals surface area contributed by atoms with Gasteiger partial charge in [-0.15, -0.1) is 0 Å². The lowest BCUT2D eigenvalue weighted by Gasteiger charge is -2.00. The van der Waals surface area contributed by atoms with Crippen molar-refractivity contribution in [1.29, 1.82) is 0 Å². The van der Waals surface area contributed by atoms with E-state index in [0.29, 0.717) is 19.0 Å². The maximum atomic E-state index is 11.1. The standard InChI is InChI=1S/C15H18N2O3S/c1-3-19-11-7-8-12-13(10-11)17-15(16-12)21-9-5-6-14(18)20-4-2/h5-8,10H,3-4,9H2,1-2H3,(H,16,17)/b6-5+. The highest BCUT2D eigenvalue weighted by molar-refractivity contribution is 7.99. The average molecular weight is 306 g/mol. The molecule has 112 valence electrons. The third kappa shape index (κ3) is 4.53. The van der Waals surface area contributed by atoms with Crippen molar-refractivity contribution in [3.05, 3.63) is 30.4 Å². The number of ether oxygens (including phenoxy) is 2. The van der Waals surface area contributed by atoms with Crippen LogP contribution in [-0.2, 0) is 9.53 Å². The number of carbonyl (C=O) groups is 1. The Morgan fingerprint density at radius 3 is 3.00 bits per heavy atom. The van der Waals surface area contributed by atoms with Gasteiger partial charge in [0, 0.05) is 17.9 Å². The monoisotopic (exact) mass is 306 g/mol. The van der Waals surface area contributed by atoms with Crippen LogP contribution in [0.2, 0.25) is 0 Å². The van der Waals surface area contributed by atoms with Crippen LogP contribution in [0.3, 0.4) is 0 Å². The predicted octanol–water partition coefficient (Wildman–Crippen LogP) is 3.17. The number of H-pyrrole nitrogens is 1. The van der Waals surface area contributed by atoms with Crippen molar-refractivity contribution >= 4 is 28.8 Å². The Hall–Kier alpha value is -1.95. The second-order valence-corrected chi connectivity index (χ2v) is 5.13. The molecule has 0 unspecified atom stereocenters. The molecular weight excluding hydrogens is 288 g/mol. The highest BCUT2D eigenvalue weighted by Crippen LogP contribution is 2.23. The summed E-state index contributed by atoms with van der Waals surface area (Å²) in [6.07, 6.45) is 3.20. The molecule has 5 nitrogen and oxygen atoms in total. The summed E-state index contributed by atoms with van der Waals surface area (Å²) in [5, 5.41) is 0.812. The topological polar surface area (TPSA) is 64.2 Å². The predicted molar refractivity (Wildman–Crippen MR) is 83.8 cm³/mol. The second-order valence-electron chi connectivity index (χ2n) is 4.12. The molecule has 1 heterocycles. The van der Waals surface area contributed by atoms with Gasteiger partial charge >= 0.3 is 5.97 Å². The van der Waals surface area contributed by atoms with Crippen LogP contribution in [0.4, 0.5) is 0 Å². The summed E-state index contributed by atoms with van der Waals surface area (Å²) in [5.41, 5.74) is 1.84. The average Bonchev–Trinajstić information content (AvgIpc) is 2.86. The maximum Gasteiger partial charge on any atom is 0.330 e. The molecule has 6 heteroatoms. The van der Waals surface area contributed by atoms with Crippen molar-refractivity contribution in [2.24, 2.45) is 0 Å². The van der Waals surface area contributed by atoms with Gasteiger partial charge in [-0.1, -0.05) is 17.8 Å². The summed E-state index contributed by atoms with van der Waals surface area (Å²) >= 11 is 1.52. The van der Waals surface area contributed by atoms with Crippen molar-refractivity contribution in [2.75, 3.05) is 19.0 Å². The van der Waals surface area contributed by atoms with Crippen LogP contribution in [-0.4, -0.2) is 34.9 Å². The van der Waals surface area contributed by atoms with Crippen LogP contribution >= 0.6 is 11.8 Å². The first-order chi connectivity index (χ1) is 10.2. The number of nitrogens with one attached hydrogen (secondary N) is 1. The fraction of sp³-hybridized carbons (Fsp3) is 0.333. The van der Waals surface area contributed by atoms with Gasteiger partial charge < -0.3 is 14.5 Å². The van der Waals surface area contributed by atoms with Gasteiger partial charge in [-0.3, -0.25) is 0 Å². The molecule has 2 aromatic rings. The molecule has 1 aromatic carbocycles. The lowest BCUT2D eigenvalue weighted by molar-refractivity contribution is -0.137. The molecular formula is C15H18N2O3S. The van der Waals surface area contributed by atoms with Gasteiger partial charge in [-0.25, -0.2) is 9.78 Å². The molecule has 2 rings (SSSR count). The summed E-state index contributed by atoms with van der Waals surface area (Å²) in [7, 11) is 0. The van der Waals surface area contributed by atoms with Gasteiger partial charge in [0.1, 0.15) is 5.75 Å². The van der Waals surface area contributed by atoms with E-state index in [0.717, 1.165) is 21.9 Å². The minimum absolute atomic E-state index is 0.316. The van der Waals surface area contributed by atoms with E-state index in [4.69, 9.17) is 9.47 Å². The fourth-order valence-corrected chi connectivity index (χ4v) is 2.45. The van der Waals surface area contributed by atoms with Crippen molar-refractivity contribution in [3.63, 3.8) is 0 Å². The zero-order valence-electron chi connectivity index (χ0n) is 12.1. The third-order valence-electron chi connectivity index (χ3n) is 2.60. The van der Waals surface area contributed by atoms with E-state index in [1.54, 1.807) is 13.0 Å². The summed E-state index contributed by atoms with van der Waals surface area (Å²) < 4.78 is 10.3. The summed E-state index contributed by atoms with van der Waals surface area (Å²) in [5.74, 6) is 1.16. The molecule has 0 spiro atoms. The van der Waals surface area contributed by atoms with Gasteiger partial charge in [0.25, 0.3) is 0 Å². The molecule has 0 aliphatic heterocycles. The van der Waals surface area contributed by atoms with E-state index < -0.39 is 0 Å². The van der Waals surface area contributed by atoms with Crippen LogP contribution < -0.4 is 4.74 Å². The van der Waals surface area contributed by atoms with E-state index >= 15 is 0 Å². The Kier molecular flexibility index (Phi) is 5.68. The number of hydrogen-bond donors (Lipinski definition) is 1. The summed E-state index contributed by atoms with van der Waals surface area (Å²) in [4.78, 5) is 18.8. The molecule has 0 aliphatic rings. The number of aromatic nitrogens is 2. The van der Waals surface area contributed by atoms with E-state index in [1.807, 2.05) is 25.1 Å². The van der Waals surface area contributed by atoms with Crippen molar-refractivity contribution in [2.45, 2.75) is 19.0 Å². The molecule has 0 atom stereocenters. The van der Waals surface area contributed by atoms with Crippen LogP contribution in [0, 0.1) is 0 Å². The number of carbonyl (C=O) groups excluding carboxylic acids is 1. The quantitative estimate of drug-likeness (QED) is 0.483. The molecule has 0 aliphatic carbocycles. The minimum Gasteiger partial charge on any atom is -0.494 e. The largest absolute Gasteiger partial charge is 0.494 e. The molecule has 0 saturated carbocycles. The second kappa shape index (κ2) is 7.73. The zero-order valence-corrected chi connectivity index (χ0v) is 12.9. The molecule has 0 fully saturated rings. The van der Waals surface area contributed by atoms with E-state index in [-0.39, 0.29) is 5.97 Å². The summed E-state index contributed by atoms with van der Waals surface area (Å²) in [6, 6.07) is 5.77. The van der Waals surface area contributed by atoms with Crippen molar-refractivity contribution in [1.82, 2.24) is 9.97 Å². The first-order valence-corrected chi connectivity index (χ1v) is 7.80. The Labute approximate surface area is 127 Å². The van der Waals surface area contributed by atoms with Gasteiger partial charge in [-0.2, -0.15) is 0 Å². The van der Waals surface area contributed by atoms with Gasteiger partial charge in [-0.05, 0) is 26.0 Å². The molecule has 0 saturated heterocycles. The number of nitrogens with zero attached hydrogens (tertiary/aromatic N) is 1.